The largest absolute Gasteiger partial charge is 0.466 e. The third kappa shape index (κ3) is 5.35. The molecule has 2 heterocycles. The number of nitrogens with one attached hydrogen (secondary N) is 1. The number of benzene rings is 1. The molecule has 162 valence electrons. The number of aromatic nitrogens is 3. The summed E-state index contributed by atoms with van der Waals surface area (Å²) in [5.74, 6) is -0.875. The van der Waals surface area contributed by atoms with Gasteiger partial charge < -0.3 is 10.1 Å². The van der Waals surface area contributed by atoms with Crippen LogP contribution in [0.2, 0.25) is 0 Å². The molecule has 1 saturated heterocycles. The van der Waals surface area contributed by atoms with Crippen LogP contribution in [0.5, 0.6) is 0 Å². The maximum absolute atomic E-state index is 13.1. The fourth-order valence-electron chi connectivity index (χ4n) is 3.32. The van der Waals surface area contributed by atoms with Crippen LogP contribution in [-0.2, 0) is 20.5 Å². The van der Waals surface area contributed by atoms with Crippen LogP contribution >= 0.6 is 0 Å². The number of hydrogen-bond donors (Lipinski definition) is 1. The number of esters is 1. The predicted octanol–water partition coefficient (Wildman–Crippen LogP) is 2.50. The molecule has 1 aromatic carbocycles. The van der Waals surface area contributed by atoms with E-state index in [9.17, 15) is 22.8 Å². The van der Waals surface area contributed by atoms with E-state index >= 15 is 0 Å². The van der Waals surface area contributed by atoms with Gasteiger partial charge in [-0.2, -0.15) is 18.3 Å². The van der Waals surface area contributed by atoms with Crippen molar-refractivity contribution in [2.24, 2.45) is 5.92 Å². The van der Waals surface area contributed by atoms with Crippen LogP contribution in [0, 0.1) is 5.92 Å². The van der Waals surface area contributed by atoms with Crippen molar-refractivity contribution in [3.63, 3.8) is 0 Å². The highest BCUT2D eigenvalue weighted by atomic mass is 19.4. The number of piperidine rings is 1. The Morgan fingerprint density at radius 2 is 2.00 bits per heavy atom. The van der Waals surface area contributed by atoms with Crippen LogP contribution in [0.25, 0.3) is 5.69 Å². The Morgan fingerprint density at radius 1 is 1.27 bits per heavy atom. The summed E-state index contributed by atoms with van der Waals surface area (Å²) in [4.78, 5) is 30.0. The van der Waals surface area contributed by atoms with E-state index in [0.717, 1.165) is 12.1 Å². The van der Waals surface area contributed by atoms with E-state index in [4.69, 9.17) is 4.74 Å². The lowest BCUT2D eigenvalue weighted by atomic mass is 9.97. The monoisotopic (exact) mass is 425 g/mol. The highest BCUT2D eigenvalue weighted by Gasteiger charge is 2.32. The molecular formula is C19H22F3N5O3. The van der Waals surface area contributed by atoms with Crippen molar-refractivity contribution in [1.82, 2.24) is 19.7 Å². The fourth-order valence-corrected chi connectivity index (χ4v) is 3.32. The molecule has 0 radical (unpaired) electrons. The smallest absolute Gasteiger partial charge is 0.416 e. The maximum atomic E-state index is 13.1. The van der Waals surface area contributed by atoms with E-state index in [1.165, 1.54) is 23.4 Å². The summed E-state index contributed by atoms with van der Waals surface area (Å²) < 4.78 is 45.6. The molecule has 0 bridgehead atoms. The average molecular weight is 425 g/mol. The number of amides is 1. The first kappa shape index (κ1) is 21.8. The molecule has 1 N–H and O–H groups in total. The van der Waals surface area contributed by atoms with E-state index < -0.39 is 17.6 Å². The number of rotatable bonds is 6. The lowest BCUT2D eigenvalue weighted by Crippen LogP contribution is -2.41. The number of alkyl halides is 3. The zero-order valence-corrected chi connectivity index (χ0v) is 16.4. The number of ether oxygens (including phenoxy) is 1. The van der Waals surface area contributed by atoms with Crippen molar-refractivity contribution in [3.8, 4) is 5.69 Å². The Morgan fingerprint density at radius 3 is 2.60 bits per heavy atom. The van der Waals surface area contributed by atoms with Crippen LogP contribution in [0.4, 0.5) is 18.9 Å². The van der Waals surface area contributed by atoms with Crippen LogP contribution in [-0.4, -0.2) is 57.8 Å². The first-order chi connectivity index (χ1) is 14.3. The van der Waals surface area contributed by atoms with Gasteiger partial charge in [-0.3, -0.25) is 14.5 Å². The second kappa shape index (κ2) is 9.24. The van der Waals surface area contributed by atoms with Gasteiger partial charge in [-0.1, -0.05) is 0 Å². The Bertz CT molecular complexity index is 878. The molecule has 0 saturated carbocycles. The van der Waals surface area contributed by atoms with E-state index in [2.05, 4.69) is 15.4 Å². The van der Waals surface area contributed by atoms with Crippen LogP contribution in [0.3, 0.4) is 0 Å². The first-order valence-corrected chi connectivity index (χ1v) is 9.53. The van der Waals surface area contributed by atoms with Crippen LogP contribution in [0.1, 0.15) is 25.3 Å². The number of nitrogens with zero attached hydrogens (tertiary/aromatic N) is 4. The fraction of sp³-hybridized carbons (Fsp3) is 0.474. The summed E-state index contributed by atoms with van der Waals surface area (Å²) in [6, 6.07) is 3.03. The molecule has 2 aromatic rings. The molecule has 1 amide bonds. The molecule has 30 heavy (non-hydrogen) atoms. The van der Waals surface area contributed by atoms with Gasteiger partial charge in [0.2, 0.25) is 5.91 Å². The van der Waals surface area contributed by atoms with Crippen LogP contribution in [0.15, 0.2) is 30.9 Å². The van der Waals surface area contributed by atoms with Gasteiger partial charge in [0.05, 0.1) is 36.0 Å². The molecule has 1 aliphatic rings. The standard InChI is InChI=1S/C19H22F3N5O3/c1-2-30-18(29)13-5-7-26(8-6-13)10-17(28)25-15-9-14(19(20,21)22)3-4-16(15)27-12-23-11-24-27/h3-4,9,11-13H,2,5-8,10H2,1H3,(H,25,28). The average Bonchev–Trinajstić information content (AvgIpc) is 3.22. The number of anilines is 1. The summed E-state index contributed by atoms with van der Waals surface area (Å²) in [5, 5.41) is 6.47. The Hall–Kier alpha value is -2.95. The molecular weight excluding hydrogens is 403 g/mol. The van der Waals surface area contributed by atoms with Crippen molar-refractivity contribution in [3.05, 3.63) is 36.4 Å². The van der Waals surface area contributed by atoms with E-state index in [1.54, 1.807) is 6.92 Å². The number of likely N-dealkylation sites (tertiary alicyclic amines) is 1. The minimum atomic E-state index is -4.55. The van der Waals surface area contributed by atoms with Gasteiger partial charge in [0.25, 0.3) is 0 Å². The molecule has 8 nitrogen and oxygen atoms in total. The molecule has 0 aliphatic carbocycles. The Balaban J connectivity index is 1.67. The minimum absolute atomic E-state index is 0.00257. The van der Waals surface area contributed by atoms with E-state index in [0.29, 0.717) is 32.5 Å². The van der Waals surface area contributed by atoms with Crippen molar-refractivity contribution in [1.29, 1.82) is 0 Å². The summed E-state index contributed by atoms with van der Waals surface area (Å²) in [6.07, 6.45) is -0.829. The topological polar surface area (TPSA) is 89.4 Å². The van der Waals surface area contributed by atoms with Crippen molar-refractivity contribution >= 4 is 17.6 Å². The van der Waals surface area contributed by atoms with Crippen molar-refractivity contribution in [2.45, 2.75) is 25.9 Å². The quantitative estimate of drug-likeness (QED) is 0.716. The zero-order valence-electron chi connectivity index (χ0n) is 16.4. The predicted molar refractivity (Wildman–Crippen MR) is 101 cm³/mol. The maximum Gasteiger partial charge on any atom is 0.416 e. The lowest BCUT2D eigenvalue weighted by molar-refractivity contribution is -0.149. The molecule has 11 heteroatoms. The summed E-state index contributed by atoms with van der Waals surface area (Å²) >= 11 is 0. The van der Waals surface area contributed by atoms with Crippen LogP contribution < -0.4 is 5.32 Å². The van der Waals surface area contributed by atoms with Crippen molar-refractivity contribution in [2.75, 3.05) is 31.6 Å². The highest BCUT2D eigenvalue weighted by molar-refractivity contribution is 5.94. The molecule has 1 fully saturated rings. The Kier molecular flexibility index (Phi) is 6.70. The number of halogens is 3. The van der Waals surface area contributed by atoms with Gasteiger partial charge in [0, 0.05) is 0 Å². The lowest BCUT2D eigenvalue weighted by Gasteiger charge is -2.30. The molecule has 1 aromatic heterocycles. The molecule has 0 unspecified atom stereocenters. The van der Waals surface area contributed by atoms with Gasteiger partial charge in [0.15, 0.2) is 0 Å². The first-order valence-electron chi connectivity index (χ1n) is 9.53. The van der Waals surface area contributed by atoms with E-state index in [-0.39, 0.29) is 29.8 Å². The van der Waals surface area contributed by atoms with E-state index in [1.807, 2.05) is 4.90 Å². The SMILES string of the molecule is CCOC(=O)C1CCN(CC(=O)Nc2cc(C(F)(F)F)ccc2-n2cncn2)CC1. The summed E-state index contributed by atoms with van der Waals surface area (Å²) in [6.45, 7) is 3.12. The third-order valence-electron chi connectivity index (χ3n) is 4.84. The number of carbonyl (C=O) groups excluding carboxylic acids is 2. The molecule has 0 spiro atoms. The molecule has 3 rings (SSSR count). The molecule has 1 aliphatic heterocycles. The van der Waals surface area contributed by atoms with Gasteiger partial charge in [0.1, 0.15) is 12.7 Å². The number of hydrogen-bond acceptors (Lipinski definition) is 6. The molecule has 0 atom stereocenters. The highest BCUT2D eigenvalue weighted by Crippen LogP contribution is 2.33. The third-order valence-corrected chi connectivity index (χ3v) is 4.84. The minimum Gasteiger partial charge on any atom is -0.466 e. The summed E-state index contributed by atoms with van der Waals surface area (Å²) in [5.41, 5.74) is -0.617. The number of carbonyl (C=O) groups is 2. The second-order valence-corrected chi connectivity index (χ2v) is 6.92. The van der Waals surface area contributed by atoms with Gasteiger partial charge in [-0.15, -0.1) is 0 Å². The van der Waals surface area contributed by atoms with Gasteiger partial charge in [-0.05, 0) is 51.1 Å². The van der Waals surface area contributed by atoms with Crippen molar-refractivity contribution < 1.29 is 27.5 Å². The normalized spacial score (nSPS) is 15.7. The second-order valence-electron chi connectivity index (χ2n) is 6.92. The van der Waals surface area contributed by atoms with Gasteiger partial charge >= 0.3 is 12.1 Å². The zero-order chi connectivity index (χ0) is 21.7. The Labute approximate surface area is 171 Å². The van der Waals surface area contributed by atoms with Gasteiger partial charge in [-0.25, -0.2) is 9.67 Å². The summed E-state index contributed by atoms with van der Waals surface area (Å²) in [7, 11) is 0.